The first kappa shape index (κ1) is 26.0. The number of pyridine rings is 1. The maximum atomic E-state index is 11.1. The predicted molar refractivity (Wildman–Crippen MR) is 151 cm³/mol. The summed E-state index contributed by atoms with van der Waals surface area (Å²) in [7, 11) is 6.37. The van der Waals surface area contributed by atoms with Gasteiger partial charge in [-0.05, 0) is 48.4 Å². The van der Waals surface area contributed by atoms with Gasteiger partial charge in [-0.15, -0.1) is 0 Å². The first-order valence-corrected chi connectivity index (χ1v) is 12.7. The van der Waals surface area contributed by atoms with E-state index in [9.17, 15) is 5.11 Å². The highest BCUT2D eigenvalue weighted by molar-refractivity contribution is 5.95. The SMILES string of the molecule is CC[n+]1c(-c2cc(OC)c(OC)c(-c3cccc(-c4ccoc4)c3)c2)cc2cc(OC)c(OC)c(O)c2c1C. The Hall–Kier alpha value is -4.65. The van der Waals surface area contributed by atoms with Gasteiger partial charge in [0.25, 0.3) is 0 Å². The van der Waals surface area contributed by atoms with Crippen LogP contribution < -0.4 is 23.5 Å². The Morgan fingerprint density at radius 3 is 2.13 bits per heavy atom. The molecule has 2 heterocycles. The van der Waals surface area contributed by atoms with Crippen LogP contribution in [-0.2, 0) is 6.54 Å². The van der Waals surface area contributed by atoms with Crippen molar-refractivity contribution in [1.29, 1.82) is 0 Å². The minimum absolute atomic E-state index is 0.0576. The molecule has 39 heavy (non-hydrogen) atoms. The van der Waals surface area contributed by atoms with Crippen LogP contribution in [0.3, 0.4) is 0 Å². The highest BCUT2D eigenvalue weighted by Gasteiger charge is 2.26. The second-order valence-electron chi connectivity index (χ2n) is 9.14. The summed E-state index contributed by atoms with van der Waals surface area (Å²) in [6.07, 6.45) is 3.40. The zero-order valence-electron chi connectivity index (χ0n) is 23.0. The van der Waals surface area contributed by atoms with Gasteiger partial charge in [0.05, 0.1) is 51.9 Å². The van der Waals surface area contributed by atoms with Crippen molar-refractivity contribution in [3.8, 4) is 62.3 Å². The summed E-state index contributed by atoms with van der Waals surface area (Å²) in [5.74, 6) is 2.10. The number of rotatable bonds is 8. The van der Waals surface area contributed by atoms with Gasteiger partial charge in [-0.25, -0.2) is 0 Å². The highest BCUT2D eigenvalue weighted by atomic mass is 16.5. The lowest BCUT2D eigenvalue weighted by Crippen LogP contribution is -2.38. The van der Waals surface area contributed by atoms with Gasteiger partial charge in [-0.3, -0.25) is 0 Å². The predicted octanol–water partition coefficient (Wildman–Crippen LogP) is 6.79. The van der Waals surface area contributed by atoms with Crippen LogP contribution in [0.1, 0.15) is 12.6 Å². The molecule has 0 atom stereocenters. The fourth-order valence-corrected chi connectivity index (χ4v) is 5.30. The van der Waals surface area contributed by atoms with Gasteiger partial charge in [0.1, 0.15) is 6.54 Å². The van der Waals surface area contributed by atoms with E-state index in [1.807, 2.05) is 37.3 Å². The molecule has 0 bridgehead atoms. The number of benzene rings is 3. The number of hydrogen-bond acceptors (Lipinski definition) is 6. The molecule has 200 valence electrons. The third-order valence-electron chi connectivity index (χ3n) is 7.14. The van der Waals surface area contributed by atoms with E-state index in [1.165, 1.54) is 7.11 Å². The molecule has 0 saturated carbocycles. The fraction of sp³-hybridized carbons (Fsp3) is 0.219. The Balaban J connectivity index is 1.79. The molecule has 7 heteroatoms. The van der Waals surface area contributed by atoms with Gasteiger partial charge in [0.15, 0.2) is 28.7 Å². The van der Waals surface area contributed by atoms with E-state index >= 15 is 0 Å². The molecule has 0 radical (unpaired) electrons. The minimum Gasteiger partial charge on any atom is -0.504 e. The summed E-state index contributed by atoms with van der Waals surface area (Å²) in [6.45, 7) is 4.76. The van der Waals surface area contributed by atoms with Crippen molar-refractivity contribution in [2.75, 3.05) is 28.4 Å². The van der Waals surface area contributed by atoms with Gasteiger partial charge in [0.2, 0.25) is 11.4 Å². The number of aromatic nitrogens is 1. The van der Waals surface area contributed by atoms with Crippen LogP contribution in [0.2, 0.25) is 0 Å². The Labute approximate surface area is 227 Å². The molecule has 0 spiro atoms. The fourth-order valence-electron chi connectivity index (χ4n) is 5.30. The van der Waals surface area contributed by atoms with Crippen molar-refractivity contribution in [2.24, 2.45) is 0 Å². The molecular formula is C32H32NO6+. The van der Waals surface area contributed by atoms with Crippen LogP contribution in [-0.4, -0.2) is 33.5 Å². The van der Waals surface area contributed by atoms with E-state index in [1.54, 1.807) is 33.9 Å². The molecule has 5 rings (SSSR count). The van der Waals surface area contributed by atoms with E-state index < -0.39 is 0 Å². The lowest BCUT2D eigenvalue weighted by Gasteiger charge is -2.17. The number of nitrogens with zero attached hydrogens (tertiary/aromatic N) is 1. The Kier molecular flexibility index (Phi) is 7.07. The lowest BCUT2D eigenvalue weighted by atomic mass is 9.95. The van der Waals surface area contributed by atoms with Crippen LogP contribution >= 0.6 is 0 Å². The van der Waals surface area contributed by atoms with E-state index in [-0.39, 0.29) is 5.75 Å². The van der Waals surface area contributed by atoms with E-state index in [0.717, 1.165) is 44.6 Å². The number of furan rings is 1. The standard InChI is InChI=1S/C32H31NO6/c1-7-33-19(2)29-24(17-28(36-4)32(38-6)30(29)34)15-26(33)23-14-25(31(37-5)27(16-23)35-3)21-10-8-9-20(13-21)22-11-12-39-18-22/h8-18H,7H2,1-6H3/p+1. The minimum atomic E-state index is 0.0576. The van der Waals surface area contributed by atoms with Crippen LogP contribution in [0, 0.1) is 6.92 Å². The van der Waals surface area contributed by atoms with Gasteiger partial charge in [0, 0.05) is 29.5 Å². The van der Waals surface area contributed by atoms with E-state index in [2.05, 4.69) is 35.8 Å². The third-order valence-corrected chi connectivity index (χ3v) is 7.14. The van der Waals surface area contributed by atoms with E-state index in [0.29, 0.717) is 34.9 Å². The molecule has 0 fully saturated rings. The number of methoxy groups -OCH3 is 4. The van der Waals surface area contributed by atoms with Gasteiger partial charge in [-0.1, -0.05) is 18.2 Å². The molecule has 7 nitrogen and oxygen atoms in total. The van der Waals surface area contributed by atoms with Crippen LogP contribution in [0.4, 0.5) is 0 Å². The second kappa shape index (κ2) is 10.6. The molecule has 2 aromatic heterocycles. The number of hydrogen-bond donors (Lipinski definition) is 1. The molecule has 5 aromatic rings. The Morgan fingerprint density at radius 2 is 1.49 bits per heavy atom. The van der Waals surface area contributed by atoms with Crippen LogP contribution in [0.25, 0.3) is 44.3 Å². The Bertz CT molecular complexity index is 1660. The monoisotopic (exact) mass is 526 g/mol. The normalized spacial score (nSPS) is 11.0. The zero-order valence-corrected chi connectivity index (χ0v) is 23.0. The topological polar surface area (TPSA) is 74.2 Å². The van der Waals surface area contributed by atoms with Crippen molar-refractivity contribution in [1.82, 2.24) is 0 Å². The number of aromatic hydroxyl groups is 1. The summed E-state index contributed by atoms with van der Waals surface area (Å²) < 4.78 is 30.1. The summed E-state index contributed by atoms with van der Waals surface area (Å²) >= 11 is 0. The van der Waals surface area contributed by atoms with Crippen molar-refractivity contribution in [3.63, 3.8) is 0 Å². The third kappa shape index (κ3) is 4.40. The van der Waals surface area contributed by atoms with E-state index in [4.69, 9.17) is 23.4 Å². The van der Waals surface area contributed by atoms with Crippen LogP contribution in [0.5, 0.6) is 28.7 Å². The molecule has 0 unspecified atom stereocenters. The zero-order chi connectivity index (χ0) is 27.7. The Morgan fingerprint density at radius 1 is 0.769 bits per heavy atom. The smallest absolute Gasteiger partial charge is 0.213 e. The molecule has 1 N–H and O–H groups in total. The largest absolute Gasteiger partial charge is 0.504 e. The van der Waals surface area contributed by atoms with Crippen LogP contribution in [0.15, 0.2) is 71.5 Å². The molecule has 0 aliphatic carbocycles. The van der Waals surface area contributed by atoms with Crippen molar-refractivity contribution >= 4 is 10.8 Å². The second-order valence-corrected chi connectivity index (χ2v) is 9.14. The molecule has 0 aliphatic rings. The number of aryl methyl sites for hydroxylation is 1. The van der Waals surface area contributed by atoms with Gasteiger partial charge in [-0.2, -0.15) is 4.57 Å². The maximum absolute atomic E-state index is 11.1. The quantitative estimate of drug-likeness (QED) is 0.225. The maximum Gasteiger partial charge on any atom is 0.213 e. The molecule has 0 saturated heterocycles. The van der Waals surface area contributed by atoms with Crippen molar-refractivity contribution in [2.45, 2.75) is 20.4 Å². The number of fused-ring (bicyclic) bond motifs is 1. The molecule has 3 aromatic carbocycles. The number of ether oxygens (including phenoxy) is 4. The molecular weight excluding hydrogens is 494 g/mol. The highest BCUT2D eigenvalue weighted by Crippen LogP contribution is 2.46. The molecule has 0 amide bonds. The average Bonchev–Trinajstić information content (AvgIpc) is 3.51. The lowest BCUT2D eigenvalue weighted by molar-refractivity contribution is -0.687. The summed E-state index contributed by atoms with van der Waals surface area (Å²) in [4.78, 5) is 0. The van der Waals surface area contributed by atoms with Crippen molar-refractivity contribution < 1.29 is 33.0 Å². The molecule has 0 aliphatic heterocycles. The van der Waals surface area contributed by atoms with Gasteiger partial charge >= 0.3 is 0 Å². The number of phenols is 1. The first-order chi connectivity index (χ1) is 18.9. The van der Waals surface area contributed by atoms with Gasteiger partial charge < -0.3 is 28.5 Å². The van der Waals surface area contributed by atoms with Crippen molar-refractivity contribution in [3.05, 3.63) is 72.8 Å². The summed E-state index contributed by atoms with van der Waals surface area (Å²) in [6, 6.07) is 18.2. The average molecular weight is 527 g/mol. The summed E-state index contributed by atoms with van der Waals surface area (Å²) in [5.41, 5.74) is 6.72. The summed E-state index contributed by atoms with van der Waals surface area (Å²) in [5, 5.41) is 12.7. The number of phenolic OH excluding ortho intramolecular Hbond substituents is 1. The first-order valence-electron chi connectivity index (χ1n) is 12.7.